The molecule has 1 aliphatic heterocycles. The topological polar surface area (TPSA) is 86.7 Å². The van der Waals surface area contributed by atoms with Gasteiger partial charge in [-0.05, 0) is 22.8 Å². The number of carbonyl (C=O) groups is 3. The van der Waals surface area contributed by atoms with Gasteiger partial charge in [0.25, 0.3) is 5.91 Å². The quantitative estimate of drug-likeness (QED) is 0.523. The molecule has 0 aliphatic carbocycles. The lowest BCUT2D eigenvalue weighted by Crippen LogP contribution is -2.40. The first-order valence-corrected chi connectivity index (χ1v) is 10.1. The minimum atomic E-state index is -1.00. The Hall–Kier alpha value is -2.97. The van der Waals surface area contributed by atoms with E-state index in [4.69, 9.17) is 17.3 Å². The largest absolute Gasteiger partial charge is 0.481 e. The predicted octanol–water partition coefficient (Wildman–Crippen LogP) is 3.15. The van der Waals surface area contributed by atoms with E-state index in [9.17, 15) is 14.4 Å². The number of nitrogens with zero attached hydrogens (tertiary/aromatic N) is 1. The van der Waals surface area contributed by atoms with Crippen LogP contribution in [0, 0.1) is 0 Å². The highest BCUT2D eigenvalue weighted by atomic mass is 32.2. The van der Waals surface area contributed by atoms with Crippen LogP contribution in [0.2, 0.25) is 0 Å². The summed E-state index contributed by atoms with van der Waals surface area (Å²) in [6.45, 7) is -0.221. The SMILES string of the molecule is O=C(O)CCNC(=O)CN1C(=O)/C(=C/c2ccc(-c3ccccc3)cc2)SC1=S. The van der Waals surface area contributed by atoms with Gasteiger partial charge in [0.05, 0.1) is 11.3 Å². The number of aliphatic carboxylic acids is 1. The molecule has 0 atom stereocenters. The van der Waals surface area contributed by atoms with Crippen molar-refractivity contribution in [1.29, 1.82) is 0 Å². The van der Waals surface area contributed by atoms with Crippen molar-refractivity contribution in [1.82, 2.24) is 10.2 Å². The first-order chi connectivity index (χ1) is 13.9. The van der Waals surface area contributed by atoms with Crippen LogP contribution in [0.1, 0.15) is 12.0 Å². The Morgan fingerprint density at radius 1 is 1.07 bits per heavy atom. The van der Waals surface area contributed by atoms with Crippen LogP contribution in [-0.2, 0) is 14.4 Å². The summed E-state index contributed by atoms with van der Waals surface area (Å²) in [4.78, 5) is 36.7. The van der Waals surface area contributed by atoms with Crippen molar-refractivity contribution >= 4 is 52.2 Å². The molecular formula is C21H18N2O4S2. The Morgan fingerprint density at radius 2 is 1.72 bits per heavy atom. The molecule has 1 saturated heterocycles. The summed E-state index contributed by atoms with van der Waals surface area (Å²) in [5.74, 6) is -1.78. The zero-order valence-corrected chi connectivity index (χ0v) is 17.0. The van der Waals surface area contributed by atoms with Gasteiger partial charge in [0.1, 0.15) is 10.9 Å². The summed E-state index contributed by atoms with van der Waals surface area (Å²) in [5, 5.41) is 11.1. The Kier molecular flexibility index (Phi) is 6.79. The van der Waals surface area contributed by atoms with Gasteiger partial charge in [0.2, 0.25) is 5.91 Å². The van der Waals surface area contributed by atoms with Crippen molar-refractivity contribution in [3.05, 3.63) is 65.1 Å². The fourth-order valence-corrected chi connectivity index (χ4v) is 3.95. The van der Waals surface area contributed by atoms with Gasteiger partial charge in [-0.3, -0.25) is 19.3 Å². The molecule has 148 valence electrons. The van der Waals surface area contributed by atoms with E-state index < -0.39 is 11.9 Å². The van der Waals surface area contributed by atoms with E-state index >= 15 is 0 Å². The Labute approximate surface area is 177 Å². The molecule has 29 heavy (non-hydrogen) atoms. The van der Waals surface area contributed by atoms with Gasteiger partial charge in [0, 0.05) is 6.54 Å². The lowest BCUT2D eigenvalue weighted by Gasteiger charge is -2.13. The van der Waals surface area contributed by atoms with E-state index in [0.717, 1.165) is 28.5 Å². The van der Waals surface area contributed by atoms with E-state index in [1.165, 1.54) is 4.90 Å². The van der Waals surface area contributed by atoms with Crippen LogP contribution in [0.25, 0.3) is 17.2 Å². The molecular weight excluding hydrogens is 408 g/mol. The molecule has 3 rings (SSSR count). The highest BCUT2D eigenvalue weighted by molar-refractivity contribution is 8.26. The molecule has 8 heteroatoms. The summed E-state index contributed by atoms with van der Waals surface area (Å²) in [5.41, 5.74) is 3.05. The first-order valence-electron chi connectivity index (χ1n) is 8.83. The number of carboxylic acid groups (broad SMARTS) is 1. The number of carbonyl (C=O) groups excluding carboxylic acids is 2. The van der Waals surface area contributed by atoms with Crippen molar-refractivity contribution < 1.29 is 19.5 Å². The molecule has 0 bridgehead atoms. The number of thiocarbonyl (C=S) groups is 1. The maximum absolute atomic E-state index is 12.6. The second-order valence-corrected chi connectivity index (χ2v) is 7.93. The number of hydrogen-bond donors (Lipinski definition) is 2. The van der Waals surface area contributed by atoms with Crippen molar-refractivity contribution in [3.8, 4) is 11.1 Å². The fourth-order valence-electron chi connectivity index (χ4n) is 2.70. The van der Waals surface area contributed by atoms with Crippen LogP contribution in [0.5, 0.6) is 0 Å². The second-order valence-electron chi connectivity index (χ2n) is 6.25. The number of hydrogen-bond acceptors (Lipinski definition) is 5. The molecule has 1 fully saturated rings. The third-order valence-electron chi connectivity index (χ3n) is 4.15. The van der Waals surface area contributed by atoms with E-state index in [1.54, 1.807) is 6.08 Å². The van der Waals surface area contributed by atoms with Crippen molar-refractivity contribution in [2.45, 2.75) is 6.42 Å². The standard InChI is InChI=1S/C21H18N2O4S2/c24-18(22-11-10-19(25)26)13-23-20(27)17(29-21(23)28)12-14-6-8-16(9-7-14)15-4-2-1-3-5-15/h1-9,12H,10-11,13H2,(H,22,24)(H,25,26)/b17-12-. The minimum absolute atomic E-state index is 0.00651. The van der Waals surface area contributed by atoms with Gasteiger partial charge in [-0.25, -0.2) is 0 Å². The normalized spacial score (nSPS) is 15.0. The van der Waals surface area contributed by atoms with Gasteiger partial charge in [0.15, 0.2) is 0 Å². The number of amides is 2. The first kappa shape index (κ1) is 20.8. The molecule has 1 aliphatic rings. The molecule has 0 unspecified atom stereocenters. The molecule has 0 aromatic heterocycles. The van der Waals surface area contributed by atoms with Gasteiger partial charge >= 0.3 is 5.97 Å². The molecule has 6 nitrogen and oxygen atoms in total. The Balaban J connectivity index is 1.65. The maximum atomic E-state index is 12.6. The summed E-state index contributed by atoms with van der Waals surface area (Å²) < 4.78 is 0.301. The van der Waals surface area contributed by atoms with Crippen LogP contribution >= 0.6 is 24.0 Å². The van der Waals surface area contributed by atoms with Crippen molar-refractivity contribution in [2.24, 2.45) is 0 Å². The van der Waals surface area contributed by atoms with E-state index in [1.807, 2.05) is 54.6 Å². The molecule has 2 N–H and O–H groups in total. The molecule has 0 radical (unpaired) electrons. The summed E-state index contributed by atoms with van der Waals surface area (Å²) in [6.07, 6.45) is 1.57. The van der Waals surface area contributed by atoms with Crippen LogP contribution in [-0.4, -0.2) is 45.2 Å². The number of benzene rings is 2. The van der Waals surface area contributed by atoms with E-state index in [0.29, 0.717) is 9.23 Å². The van der Waals surface area contributed by atoms with Gasteiger partial charge in [-0.1, -0.05) is 78.6 Å². The van der Waals surface area contributed by atoms with Gasteiger partial charge in [-0.15, -0.1) is 0 Å². The van der Waals surface area contributed by atoms with Crippen LogP contribution in [0.4, 0.5) is 0 Å². The Morgan fingerprint density at radius 3 is 2.38 bits per heavy atom. The summed E-state index contributed by atoms with van der Waals surface area (Å²) in [7, 11) is 0. The molecule has 0 spiro atoms. The van der Waals surface area contributed by atoms with Crippen LogP contribution < -0.4 is 5.32 Å². The zero-order valence-electron chi connectivity index (χ0n) is 15.3. The zero-order chi connectivity index (χ0) is 20.8. The number of nitrogens with one attached hydrogen (secondary N) is 1. The fraction of sp³-hybridized carbons (Fsp3) is 0.143. The molecule has 1 heterocycles. The number of thioether (sulfide) groups is 1. The minimum Gasteiger partial charge on any atom is -0.481 e. The maximum Gasteiger partial charge on any atom is 0.305 e. The third-order valence-corrected chi connectivity index (χ3v) is 5.53. The molecule has 2 aromatic rings. The van der Waals surface area contributed by atoms with Crippen molar-refractivity contribution in [2.75, 3.05) is 13.1 Å². The van der Waals surface area contributed by atoms with Crippen LogP contribution in [0.3, 0.4) is 0 Å². The average molecular weight is 427 g/mol. The molecule has 2 amide bonds. The molecule has 0 saturated carbocycles. The average Bonchev–Trinajstić information content (AvgIpc) is 2.96. The lowest BCUT2D eigenvalue weighted by atomic mass is 10.0. The van der Waals surface area contributed by atoms with Crippen LogP contribution in [0.15, 0.2) is 59.5 Å². The van der Waals surface area contributed by atoms with Crippen molar-refractivity contribution in [3.63, 3.8) is 0 Å². The molecule has 2 aromatic carbocycles. The van der Waals surface area contributed by atoms with Gasteiger partial charge < -0.3 is 10.4 Å². The monoisotopic (exact) mass is 426 g/mol. The van der Waals surface area contributed by atoms with E-state index in [-0.39, 0.29) is 25.4 Å². The highest BCUT2D eigenvalue weighted by Gasteiger charge is 2.33. The predicted molar refractivity (Wildman–Crippen MR) is 117 cm³/mol. The smallest absolute Gasteiger partial charge is 0.305 e. The highest BCUT2D eigenvalue weighted by Crippen LogP contribution is 2.32. The van der Waals surface area contributed by atoms with Gasteiger partial charge in [-0.2, -0.15) is 0 Å². The number of carboxylic acids is 1. The Bertz CT molecular complexity index is 972. The summed E-state index contributed by atoms with van der Waals surface area (Å²) >= 11 is 6.36. The third kappa shape index (κ3) is 5.52. The number of rotatable bonds is 7. The van der Waals surface area contributed by atoms with E-state index in [2.05, 4.69) is 5.32 Å². The lowest BCUT2D eigenvalue weighted by molar-refractivity contribution is -0.137. The summed E-state index contributed by atoms with van der Waals surface area (Å²) in [6, 6.07) is 17.8. The second kappa shape index (κ2) is 9.49.